The molecule has 8 rings (SSSR count). The van der Waals surface area contributed by atoms with Gasteiger partial charge in [-0.3, -0.25) is 4.98 Å². The first-order valence-corrected chi connectivity index (χ1v) is 16.0. The van der Waals surface area contributed by atoms with Crippen LogP contribution in [0, 0.1) is 25.0 Å². The Morgan fingerprint density at radius 3 is 2.40 bits per heavy atom. The summed E-state index contributed by atoms with van der Waals surface area (Å²) in [7, 11) is 0. The number of furan rings is 1. The van der Waals surface area contributed by atoms with Crippen LogP contribution in [0.3, 0.4) is 0 Å². The second-order valence-corrected chi connectivity index (χ2v) is 13.3. The van der Waals surface area contributed by atoms with E-state index < -0.39 is 0 Å². The molecule has 5 nitrogen and oxygen atoms in total. The summed E-state index contributed by atoms with van der Waals surface area (Å²) in [5, 5.41) is 2.08. The molecule has 6 heteroatoms. The van der Waals surface area contributed by atoms with Crippen LogP contribution in [-0.4, -0.2) is 19.5 Å². The summed E-state index contributed by atoms with van der Waals surface area (Å²) in [5.41, 5.74) is 11.4. The van der Waals surface area contributed by atoms with Crippen LogP contribution in [0.15, 0.2) is 95.6 Å². The molecule has 0 saturated carbocycles. The van der Waals surface area contributed by atoms with Crippen molar-refractivity contribution in [1.82, 2.24) is 19.5 Å². The number of pyridine rings is 2. The minimum Gasteiger partial charge on any atom is -0.486 e. The van der Waals surface area contributed by atoms with E-state index in [1.54, 1.807) is 0 Å². The molecule has 0 atom stereocenters. The van der Waals surface area contributed by atoms with E-state index in [0.717, 1.165) is 50.2 Å². The van der Waals surface area contributed by atoms with Gasteiger partial charge in [-0.1, -0.05) is 68.5 Å². The summed E-state index contributed by atoms with van der Waals surface area (Å²) in [4.78, 5) is 14.0. The van der Waals surface area contributed by atoms with Gasteiger partial charge in [0.15, 0.2) is 0 Å². The Balaban J connectivity index is 0.000000161. The summed E-state index contributed by atoms with van der Waals surface area (Å²) in [6.45, 7) is 15.4. The molecule has 4 aromatic heterocycles. The Bertz CT molecular complexity index is 2260. The van der Waals surface area contributed by atoms with Crippen molar-refractivity contribution >= 4 is 38.7 Å². The van der Waals surface area contributed by atoms with Crippen LogP contribution < -0.4 is 0 Å². The molecule has 0 spiro atoms. The Labute approximate surface area is 290 Å². The fourth-order valence-electron chi connectivity index (χ4n) is 6.48. The van der Waals surface area contributed by atoms with Crippen LogP contribution in [0.5, 0.6) is 0 Å². The van der Waals surface area contributed by atoms with Crippen LogP contribution >= 0.6 is 0 Å². The Kier molecular flexibility index (Phi) is 8.78. The number of fused-ring (bicyclic) bond motifs is 3. The Morgan fingerprint density at radius 1 is 0.830 bits per heavy atom. The Morgan fingerprint density at radius 2 is 1.66 bits per heavy atom. The molecule has 1 aliphatic rings. The maximum Gasteiger partial charge on any atom is 0.216 e. The van der Waals surface area contributed by atoms with Crippen LogP contribution in [0.25, 0.3) is 61.3 Å². The summed E-state index contributed by atoms with van der Waals surface area (Å²) >= 11 is 0. The van der Waals surface area contributed by atoms with Crippen LogP contribution in [-0.2, 0) is 25.6 Å². The number of allylic oxidation sites excluding steroid dienone is 2. The molecule has 1 radical (unpaired) electrons. The molecule has 5 heterocycles. The Hall–Kier alpha value is -4.38. The van der Waals surface area contributed by atoms with Crippen molar-refractivity contribution in [3.8, 4) is 22.6 Å². The van der Waals surface area contributed by atoms with E-state index in [0.29, 0.717) is 17.5 Å². The van der Waals surface area contributed by atoms with E-state index in [-0.39, 0.29) is 25.6 Å². The minimum absolute atomic E-state index is 0. The van der Waals surface area contributed by atoms with Crippen LogP contribution in [0.2, 0.25) is 0 Å². The number of rotatable bonds is 4. The first-order chi connectivity index (χ1) is 22.1. The molecule has 47 heavy (non-hydrogen) atoms. The number of imidazole rings is 1. The summed E-state index contributed by atoms with van der Waals surface area (Å²) in [6, 6.07) is 33.3. The summed E-state index contributed by atoms with van der Waals surface area (Å²) < 4.78 is 8.41. The first-order valence-electron chi connectivity index (χ1n) is 16.0. The van der Waals surface area contributed by atoms with Crippen molar-refractivity contribution < 1.29 is 24.5 Å². The van der Waals surface area contributed by atoms with Gasteiger partial charge in [0.2, 0.25) is 5.71 Å². The van der Waals surface area contributed by atoms with Gasteiger partial charge >= 0.3 is 0 Å². The van der Waals surface area contributed by atoms with Crippen molar-refractivity contribution in [2.75, 3.05) is 0 Å². The molecular formula is C41H38IrN4O-2. The van der Waals surface area contributed by atoms with E-state index in [9.17, 15) is 0 Å². The van der Waals surface area contributed by atoms with Crippen molar-refractivity contribution in [2.45, 2.75) is 59.9 Å². The molecule has 0 unspecified atom stereocenters. The number of aryl methyl sites for hydroxylation is 1. The van der Waals surface area contributed by atoms with Crippen molar-refractivity contribution in [1.29, 1.82) is 0 Å². The largest absolute Gasteiger partial charge is 0.486 e. The molecule has 7 aromatic rings. The number of para-hydroxylation sites is 1. The van der Waals surface area contributed by atoms with E-state index in [2.05, 4.69) is 117 Å². The van der Waals surface area contributed by atoms with E-state index >= 15 is 0 Å². The van der Waals surface area contributed by atoms with E-state index in [1.807, 2.05) is 49.5 Å². The first kappa shape index (κ1) is 32.6. The molecule has 0 fully saturated rings. The fraction of sp³-hybridized carbons (Fsp3) is 0.244. The topological polar surface area (TPSA) is 56.7 Å². The summed E-state index contributed by atoms with van der Waals surface area (Å²) in [6.07, 6.45) is 4.25. The van der Waals surface area contributed by atoms with Gasteiger partial charge in [0.05, 0.1) is 28.0 Å². The fourth-order valence-corrected chi connectivity index (χ4v) is 6.48. The standard InChI is InChI=1S/C21H21N2.C20H17N2O.Ir/c1-14(2)17-13-21(3,4)23-19-16(17)11-8-12-18(19)22-20(23)15-9-6-5-7-10-15;1-12(2)14-9-10-21-18(11-14)17-6-4-5-15-16-8-7-13(3)22-20(16)23-19(15)17;/h5-9,11-14H,1-4H3;4-5,7-12H,1-3H3;/q2*-1;. The second-order valence-electron chi connectivity index (χ2n) is 13.3. The quantitative estimate of drug-likeness (QED) is 0.167. The molecule has 1 aliphatic heterocycles. The van der Waals surface area contributed by atoms with Crippen molar-refractivity contribution in [3.63, 3.8) is 0 Å². The number of hydrogen-bond donors (Lipinski definition) is 0. The molecule has 0 N–H and O–H groups in total. The number of nitrogens with zero attached hydrogens (tertiary/aromatic N) is 4. The number of aromatic nitrogens is 4. The molecule has 0 saturated heterocycles. The average molecular weight is 795 g/mol. The molecule has 0 aliphatic carbocycles. The van der Waals surface area contributed by atoms with Crippen LogP contribution in [0.4, 0.5) is 0 Å². The molecule has 3 aromatic carbocycles. The van der Waals surface area contributed by atoms with E-state index in [4.69, 9.17) is 9.40 Å². The molecule has 239 valence electrons. The van der Waals surface area contributed by atoms with Gasteiger partial charge in [0, 0.05) is 42.9 Å². The minimum atomic E-state index is -0.109. The normalized spacial score (nSPS) is 13.5. The maximum atomic E-state index is 6.04. The molecular weight excluding hydrogens is 757 g/mol. The summed E-state index contributed by atoms with van der Waals surface area (Å²) in [5.74, 6) is 1.95. The van der Waals surface area contributed by atoms with Gasteiger partial charge in [-0.05, 0) is 68.1 Å². The van der Waals surface area contributed by atoms with Crippen LogP contribution in [0.1, 0.15) is 64.3 Å². The zero-order valence-electron chi connectivity index (χ0n) is 27.8. The number of benzene rings is 3. The zero-order chi connectivity index (χ0) is 32.2. The molecule has 0 amide bonds. The van der Waals surface area contributed by atoms with Gasteiger partial charge in [0.25, 0.3) is 0 Å². The van der Waals surface area contributed by atoms with Gasteiger partial charge in [0.1, 0.15) is 0 Å². The SMILES string of the molecule is CC(C)C1=CC(C)(C)n2c(-c3[c-]cccc3)nc3cccc1c32.Cc1ccc2c(n1)oc1c(-c3cc(C(C)C)ccn3)[c-]ccc12.[Ir]. The molecule has 0 bridgehead atoms. The zero-order valence-corrected chi connectivity index (χ0v) is 30.2. The number of hydrogen-bond acceptors (Lipinski definition) is 4. The van der Waals surface area contributed by atoms with Gasteiger partial charge in [-0.25, -0.2) is 4.98 Å². The smallest absolute Gasteiger partial charge is 0.216 e. The second kappa shape index (κ2) is 12.7. The third-order valence-corrected chi connectivity index (χ3v) is 8.79. The third-order valence-electron chi connectivity index (χ3n) is 8.79. The van der Waals surface area contributed by atoms with Gasteiger partial charge in [-0.15, -0.1) is 54.1 Å². The van der Waals surface area contributed by atoms with Gasteiger partial charge < -0.3 is 14.0 Å². The maximum absolute atomic E-state index is 6.04. The average Bonchev–Trinajstić information content (AvgIpc) is 3.63. The predicted molar refractivity (Wildman–Crippen MR) is 189 cm³/mol. The predicted octanol–water partition coefficient (Wildman–Crippen LogP) is 10.6. The van der Waals surface area contributed by atoms with Gasteiger partial charge in [-0.2, -0.15) is 0 Å². The monoisotopic (exact) mass is 795 g/mol. The van der Waals surface area contributed by atoms with E-state index in [1.165, 1.54) is 22.2 Å². The van der Waals surface area contributed by atoms with Crippen molar-refractivity contribution in [3.05, 3.63) is 120 Å². The van der Waals surface area contributed by atoms with Crippen molar-refractivity contribution in [2.24, 2.45) is 5.92 Å². The third kappa shape index (κ3) is 5.86.